The molecule has 3 aliphatic rings. The summed E-state index contributed by atoms with van der Waals surface area (Å²) < 4.78 is 26.2. The quantitative estimate of drug-likeness (QED) is 0.833. The number of benzene rings is 1. The highest BCUT2D eigenvalue weighted by Crippen LogP contribution is 2.29. The maximum atomic E-state index is 12.7. The van der Waals surface area contributed by atoms with Crippen molar-refractivity contribution in [2.75, 3.05) is 36.8 Å². The van der Waals surface area contributed by atoms with Crippen LogP contribution in [-0.2, 0) is 16.4 Å². The average Bonchev–Trinajstić information content (AvgIpc) is 2.97. The molecule has 1 aromatic rings. The topological polar surface area (TPSA) is 60.9 Å². The van der Waals surface area contributed by atoms with Gasteiger partial charge in [-0.15, -0.1) is 0 Å². The number of sulfonamides is 1. The van der Waals surface area contributed by atoms with Gasteiger partial charge in [0.25, 0.3) is 0 Å². The van der Waals surface area contributed by atoms with Crippen LogP contribution in [-0.4, -0.2) is 61.6 Å². The van der Waals surface area contributed by atoms with Crippen LogP contribution >= 0.6 is 0 Å². The van der Waals surface area contributed by atoms with Gasteiger partial charge in [-0.05, 0) is 37.3 Å². The van der Waals surface area contributed by atoms with Crippen LogP contribution < -0.4 is 4.90 Å². The van der Waals surface area contributed by atoms with Crippen LogP contribution in [0.4, 0.5) is 10.5 Å². The van der Waals surface area contributed by atoms with E-state index < -0.39 is 10.0 Å². The van der Waals surface area contributed by atoms with Gasteiger partial charge in [-0.2, -0.15) is 0 Å². The second-order valence-corrected chi connectivity index (χ2v) is 8.78. The molecule has 0 spiro atoms. The van der Waals surface area contributed by atoms with Crippen LogP contribution in [0.25, 0.3) is 0 Å². The van der Waals surface area contributed by atoms with E-state index in [1.807, 2.05) is 12.1 Å². The number of rotatable bonds is 3. The predicted octanol–water partition coefficient (Wildman–Crippen LogP) is 1.67. The van der Waals surface area contributed by atoms with Gasteiger partial charge in [0, 0.05) is 31.4 Å². The van der Waals surface area contributed by atoms with Crippen molar-refractivity contribution in [1.29, 1.82) is 0 Å². The van der Waals surface area contributed by atoms with E-state index in [1.54, 1.807) is 4.90 Å². The average molecular weight is 349 g/mol. The molecule has 0 aliphatic carbocycles. The molecule has 0 N–H and O–H groups in total. The molecule has 24 heavy (non-hydrogen) atoms. The number of piperidine rings is 1. The molecule has 7 heteroatoms. The minimum absolute atomic E-state index is 0.0787. The number of para-hydroxylation sites is 1. The fraction of sp³-hybridized carbons (Fsp3) is 0.588. The third-order valence-electron chi connectivity index (χ3n) is 5.38. The molecule has 1 atom stereocenters. The molecule has 0 radical (unpaired) electrons. The zero-order chi connectivity index (χ0) is 16.7. The Bertz CT molecular complexity index is 749. The molecule has 2 fully saturated rings. The highest BCUT2D eigenvalue weighted by molar-refractivity contribution is 7.89. The Morgan fingerprint density at radius 1 is 1.08 bits per heavy atom. The molecule has 130 valence electrons. The van der Waals surface area contributed by atoms with Crippen molar-refractivity contribution in [3.8, 4) is 0 Å². The smallest absolute Gasteiger partial charge is 0.334 e. The van der Waals surface area contributed by atoms with Crippen molar-refractivity contribution in [2.45, 2.75) is 31.7 Å². The summed E-state index contributed by atoms with van der Waals surface area (Å²) in [5.74, 6) is 0.0787. The molecule has 0 aromatic heterocycles. The lowest BCUT2D eigenvalue weighted by Gasteiger charge is -2.43. The summed E-state index contributed by atoms with van der Waals surface area (Å²) in [6.45, 7) is 2.36. The van der Waals surface area contributed by atoms with E-state index in [2.05, 4.69) is 17.0 Å². The Labute approximate surface area is 143 Å². The second kappa shape index (κ2) is 5.95. The number of carbonyl (C=O) groups is 1. The summed E-state index contributed by atoms with van der Waals surface area (Å²) in [5.41, 5.74) is 2.46. The summed E-state index contributed by atoms with van der Waals surface area (Å²) in [5, 5.41) is 0. The first-order valence-electron chi connectivity index (χ1n) is 8.70. The number of hydrogen-bond acceptors (Lipinski definition) is 4. The number of nitrogens with zero attached hydrogens (tertiary/aromatic N) is 3. The molecular formula is C17H23N3O3S. The van der Waals surface area contributed by atoms with Crippen LogP contribution in [0.2, 0.25) is 0 Å². The lowest BCUT2D eigenvalue weighted by atomic mass is 10.0. The van der Waals surface area contributed by atoms with Crippen molar-refractivity contribution in [1.82, 2.24) is 9.21 Å². The SMILES string of the molecule is O=C1N2CCCC[C@H]2CS(=O)(=O)N1CCN1CCc2ccccc21. The van der Waals surface area contributed by atoms with E-state index in [4.69, 9.17) is 0 Å². The Morgan fingerprint density at radius 3 is 2.79 bits per heavy atom. The maximum Gasteiger partial charge on any atom is 0.334 e. The van der Waals surface area contributed by atoms with Crippen LogP contribution in [0, 0.1) is 0 Å². The summed E-state index contributed by atoms with van der Waals surface area (Å²) in [6.07, 6.45) is 3.76. The number of carbonyl (C=O) groups excluding carboxylic acids is 1. The summed E-state index contributed by atoms with van der Waals surface area (Å²) in [4.78, 5) is 16.6. The Hall–Kier alpha value is -1.76. The molecule has 0 unspecified atom stereocenters. The highest BCUT2D eigenvalue weighted by atomic mass is 32.2. The maximum absolute atomic E-state index is 12.7. The lowest BCUT2D eigenvalue weighted by molar-refractivity contribution is 0.133. The third kappa shape index (κ3) is 2.64. The van der Waals surface area contributed by atoms with Crippen LogP contribution in [0.1, 0.15) is 24.8 Å². The lowest BCUT2D eigenvalue weighted by Crippen LogP contribution is -2.61. The van der Waals surface area contributed by atoms with Gasteiger partial charge in [-0.1, -0.05) is 18.2 Å². The zero-order valence-electron chi connectivity index (χ0n) is 13.7. The van der Waals surface area contributed by atoms with E-state index in [9.17, 15) is 13.2 Å². The number of anilines is 1. The van der Waals surface area contributed by atoms with Crippen LogP contribution in [0.5, 0.6) is 0 Å². The molecule has 2 amide bonds. The van der Waals surface area contributed by atoms with E-state index in [1.165, 1.54) is 5.56 Å². The molecule has 2 saturated heterocycles. The minimum Gasteiger partial charge on any atom is -0.369 e. The van der Waals surface area contributed by atoms with E-state index in [0.717, 1.165) is 42.2 Å². The van der Waals surface area contributed by atoms with Crippen molar-refractivity contribution in [3.63, 3.8) is 0 Å². The van der Waals surface area contributed by atoms with Gasteiger partial charge < -0.3 is 9.80 Å². The molecule has 6 nitrogen and oxygen atoms in total. The van der Waals surface area contributed by atoms with E-state index in [0.29, 0.717) is 13.1 Å². The molecular weight excluding hydrogens is 326 g/mol. The molecule has 3 heterocycles. The van der Waals surface area contributed by atoms with Crippen molar-refractivity contribution in [3.05, 3.63) is 29.8 Å². The van der Waals surface area contributed by atoms with Gasteiger partial charge in [0.15, 0.2) is 0 Å². The summed E-state index contributed by atoms with van der Waals surface area (Å²) in [7, 11) is -3.50. The van der Waals surface area contributed by atoms with Gasteiger partial charge in [0.05, 0.1) is 12.3 Å². The fourth-order valence-electron chi connectivity index (χ4n) is 4.11. The fourth-order valence-corrected chi connectivity index (χ4v) is 5.82. The first-order valence-corrected chi connectivity index (χ1v) is 10.3. The number of hydrogen-bond donors (Lipinski definition) is 0. The summed E-state index contributed by atoms with van der Waals surface area (Å²) >= 11 is 0. The van der Waals surface area contributed by atoms with Gasteiger partial charge in [-0.25, -0.2) is 17.5 Å². The number of urea groups is 1. The third-order valence-corrected chi connectivity index (χ3v) is 7.20. The largest absolute Gasteiger partial charge is 0.369 e. The predicted molar refractivity (Wildman–Crippen MR) is 92.6 cm³/mol. The Morgan fingerprint density at radius 2 is 1.92 bits per heavy atom. The molecule has 1 aromatic carbocycles. The molecule has 4 rings (SSSR count). The minimum atomic E-state index is -3.50. The first-order chi connectivity index (χ1) is 11.6. The molecule has 0 bridgehead atoms. The number of fused-ring (bicyclic) bond motifs is 2. The normalized spacial score (nSPS) is 25.6. The van der Waals surface area contributed by atoms with Gasteiger partial charge >= 0.3 is 6.03 Å². The monoisotopic (exact) mass is 349 g/mol. The summed E-state index contributed by atoms with van der Waals surface area (Å²) in [6, 6.07) is 7.75. The van der Waals surface area contributed by atoms with E-state index in [-0.39, 0.29) is 24.4 Å². The molecule has 3 aliphatic heterocycles. The van der Waals surface area contributed by atoms with Gasteiger partial charge in [0.1, 0.15) is 0 Å². The van der Waals surface area contributed by atoms with Crippen molar-refractivity contribution in [2.24, 2.45) is 0 Å². The van der Waals surface area contributed by atoms with Crippen molar-refractivity contribution < 1.29 is 13.2 Å². The second-order valence-electron chi connectivity index (χ2n) is 6.84. The van der Waals surface area contributed by atoms with Crippen molar-refractivity contribution >= 4 is 21.7 Å². The zero-order valence-corrected chi connectivity index (χ0v) is 14.5. The van der Waals surface area contributed by atoms with Gasteiger partial charge in [-0.3, -0.25) is 0 Å². The van der Waals surface area contributed by atoms with Crippen LogP contribution in [0.15, 0.2) is 24.3 Å². The number of amides is 2. The standard InChI is InChI=1S/C17H23N3O3S/c21-17-19-9-4-3-6-15(19)13-24(22,23)20(17)12-11-18-10-8-14-5-1-2-7-16(14)18/h1-2,5,7,15H,3-4,6,8-13H2/t15-/m0/s1. The highest BCUT2D eigenvalue weighted by Gasteiger charge is 2.43. The van der Waals surface area contributed by atoms with E-state index >= 15 is 0 Å². The first kappa shape index (κ1) is 15.7. The Balaban J connectivity index is 1.48. The van der Waals surface area contributed by atoms with Crippen LogP contribution in [0.3, 0.4) is 0 Å². The Kier molecular flexibility index (Phi) is 3.90. The molecule has 0 saturated carbocycles. The van der Waals surface area contributed by atoms with Gasteiger partial charge in [0.2, 0.25) is 10.0 Å².